The predicted octanol–water partition coefficient (Wildman–Crippen LogP) is 6.60. The van der Waals surface area contributed by atoms with E-state index in [-0.39, 0.29) is 35.2 Å². The number of carbonyl (C=O) groups excluding carboxylic acids is 4. The Hall–Kier alpha value is -5.69. The molecule has 4 unspecified atom stereocenters. The molecule has 13 heteroatoms. The summed E-state index contributed by atoms with van der Waals surface area (Å²) in [5, 5.41) is 5.33. The highest BCUT2D eigenvalue weighted by atomic mass is 16.5. The Balaban J connectivity index is 1.13. The van der Waals surface area contributed by atoms with Crippen molar-refractivity contribution in [2.24, 2.45) is 11.3 Å². The van der Waals surface area contributed by atoms with E-state index in [0.717, 1.165) is 73.0 Å². The Morgan fingerprint density at radius 1 is 0.800 bits per heavy atom. The van der Waals surface area contributed by atoms with Gasteiger partial charge in [0, 0.05) is 29.9 Å². The van der Waals surface area contributed by atoms with E-state index in [1.807, 2.05) is 18.7 Å². The quantitative estimate of drug-likeness (QED) is 0.186. The van der Waals surface area contributed by atoms with Crippen LogP contribution in [0.4, 0.5) is 9.59 Å². The number of amides is 4. The van der Waals surface area contributed by atoms with Crippen molar-refractivity contribution < 1.29 is 28.7 Å². The molecule has 4 aliphatic rings. The summed E-state index contributed by atoms with van der Waals surface area (Å²) >= 11 is 0. The number of aromatic nitrogens is 3. The van der Waals surface area contributed by atoms with Gasteiger partial charge >= 0.3 is 12.2 Å². The molecule has 4 N–H and O–H groups in total. The van der Waals surface area contributed by atoms with Crippen molar-refractivity contribution in [3.8, 4) is 23.7 Å². The van der Waals surface area contributed by atoms with Gasteiger partial charge in [0.05, 0.1) is 38.2 Å². The molecule has 4 heterocycles. The lowest BCUT2D eigenvalue weighted by atomic mass is 9.72. The monoisotopic (exact) mass is 817 g/mol. The van der Waals surface area contributed by atoms with E-state index in [0.29, 0.717) is 24.6 Å². The van der Waals surface area contributed by atoms with Crippen molar-refractivity contribution >= 4 is 24.0 Å². The molecule has 3 aromatic rings. The average molecular weight is 818 g/mol. The smallest absolute Gasteiger partial charge is 0.407 e. The molecular weight excluding hydrogens is 759 g/mol. The number of hydrogen-bond donors (Lipinski definition) is 4. The first-order valence-electron chi connectivity index (χ1n) is 21.7. The zero-order valence-electron chi connectivity index (χ0n) is 35.9. The highest BCUT2D eigenvalue weighted by Crippen LogP contribution is 2.49. The molecule has 4 amide bonds. The molecule has 2 aliphatic carbocycles. The molecule has 1 aromatic carbocycles. The lowest BCUT2D eigenvalue weighted by Gasteiger charge is -2.33. The minimum absolute atomic E-state index is 0.0979. The standard InChI is InChI=1S/C47H59N7O6/c1-7-31-25-34(50-41(31)38-13-11-23-53(38)44(56)40(29(2)3)52-46(58)60-6)19-17-32-15-16-33(37-27-47(26-36(32)37)21-9-8-10-22-47)18-20-35-28-48-42(51-35)39-14-12-24-54(39)43(55)30(4)49-45(57)59-5/h15-16,25,28-30,38-40,50H,7-14,21-24,26-27H2,1-6H3,(H,48,51)(H,49,57)(H,52,58). The highest BCUT2D eigenvalue weighted by Gasteiger charge is 2.41. The number of ether oxygens (including phenoxy) is 2. The molecule has 2 aromatic heterocycles. The van der Waals surface area contributed by atoms with E-state index < -0.39 is 24.3 Å². The summed E-state index contributed by atoms with van der Waals surface area (Å²) in [4.78, 5) is 66.2. The van der Waals surface area contributed by atoms with Gasteiger partial charge in [0.1, 0.15) is 23.6 Å². The molecule has 0 bridgehead atoms. The topological polar surface area (TPSA) is 162 Å². The minimum Gasteiger partial charge on any atom is -0.453 e. The summed E-state index contributed by atoms with van der Waals surface area (Å²) in [6, 6.07) is 4.60. The van der Waals surface area contributed by atoms with Crippen LogP contribution in [0.25, 0.3) is 0 Å². The van der Waals surface area contributed by atoms with Crippen LogP contribution in [0.1, 0.15) is 148 Å². The van der Waals surface area contributed by atoms with Crippen molar-refractivity contribution in [1.29, 1.82) is 0 Å². The number of imidazole rings is 1. The normalized spacial score (nSPS) is 20.1. The number of benzene rings is 1. The Bertz CT molecular complexity index is 2230. The molecular formula is C47H59N7O6. The maximum atomic E-state index is 13.8. The van der Waals surface area contributed by atoms with Gasteiger partial charge in [-0.3, -0.25) is 9.59 Å². The summed E-state index contributed by atoms with van der Waals surface area (Å²) in [6.45, 7) is 8.85. The van der Waals surface area contributed by atoms with Gasteiger partial charge in [-0.15, -0.1) is 0 Å². The molecule has 13 nitrogen and oxygen atoms in total. The van der Waals surface area contributed by atoms with E-state index in [2.05, 4.69) is 79.1 Å². The number of hydrogen-bond acceptors (Lipinski definition) is 7. The van der Waals surface area contributed by atoms with Crippen LogP contribution in [-0.2, 0) is 38.3 Å². The molecule has 2 aliphatic heterocycles. The van der Waals surface area contributed by atoms with Crippen LogP contribution >= 0.6 is 0 Å². The van der Waals surface area contributed by atoms with E-state index in [4.69, 9.17) is 4.74 Å². The number of aryl methyl sites for hydroxylation is 1. The van der Waals surface area contributed by atoms with E-state index in [1.54, 1.807) is 18.0 Å². The maximum absolute atomic E-state index is 13.8. The van der Waals surface area contributed by atoms with Gasteiger partial charge in [0.15, 0.2) is 0 Å². The summed E-state index contributed by atoms with van der Waals surface area (Å²) in [6.07, 6.45) is 12.8. The van der Waals surface area contributed by atoms with Crippen LogP contribution in [0.3, 0.4) is 0 Å². The fraction of sp³-hybridized carbons (Fsp3) is 0.553. The molecule has 60 heavy (non-hydrogen) atoms. The van der Waals surface area contributed by atoms with Gasteiger partial charge in [0.2, 0.25) is 11.8 Å². The van der Waals surface area contributed by atoms with Gasteiger partial charge in [-0.2, -0.15) is 0 Å². The van der Waals surface area contributed by atoms with Crippen molar-refractivity contribution in [1.82, 2.24) is 35.4 Å². The second kappa shape index (κ2) is 18.3. The first-order valence-corrected chi connectivity index (χ1v) is 21.7. The number of carbonyl (C=O) groups is 4. The maximum Gasteiger partial charge on any atom is 0.407 e. The van der Waals surface area contributed by atoms with Crippen molar-refractivity contribution in [2.75, 3.05) is 27.3 Å². The fourth-order valence-corrected chi connectivity index (χ4v) is 9.88. The first-order chi connectivity index (χ1) is 28.9. The molecule has 0 radical (unpaired) electrons. The molecule has 1 spiro atoms. The van der Waals surface area contributed by atoms with Gasteiger partial charge < -0.3 is 39.9 Å². The minimum atomic E-state index is -0.717. The molecule has 2 saturated heterocycles. The highest BCUT2D eigenvalue weighted by molar-refractivity contribution is 5.87. The van der Waals surface area contributed by atoms with Gasteiger partial charge in [-0.1, -0.05) is 51.9 Å². The number of H-pyrrole nitrogens is 2. The van der Waals surface area contributed by atoms with Gasteiger partial charge in [-0.05, 0) is 123 Å². The third-order valence-electron chi connectivity index (χ3n) is 13.0. The number of methoxy groups -OCH3 is 2. The first kappa shape index (κ1) is 42.4. The summed E-state index contributed by atoms with van der Waals surface area (Å²) < 4.78 is 9.50. The second-order valence-corrected chi connectivity index (χ2v) is 17.3. The SMILES string of the molecule is CCc1cc(C#Cc2ccc(C#Cc3cnc(C4CCCN4C(=O)C(C)NC(=O)OC)[nH]3)c3c2CC2(CCCCC2)C3)[nH]c1C1CCCN1C(=O)C(NC(=O)OC)C(C)C. The third kappa shape index (κ3) is 8.91. The van der Waals surface area contributed by atoms with Crippen molar-refractivity contribution in [3.05, 3.63) is 75.1 Å². The number of alkyl carbamates (subject to hydrolysis) is 2. The zero-order chi connectivity index (χ0) is 42.6. The number of likely N-dealkylation sites (tertiary alicyclic amines) is 2. The third-order valence-corrected chi connectivity index (χ3v) is 13.0. The van der Waals surface area contributed by atoms with Crippen LogP contribution < -0.4 is 10.6 Å². The Morgan fingerprint density at radius 2 is 1.40 bits per heavy atom. The van der Waals surface area contributed by atoms with Gasteiger partial charge in [0.25, 0.3) is 0 Å². The number of fused-ring (bicyclic) bond motifs is 1. The lowest BCUT2D eigenvalue weighted by molar-refractivity contribution is -0.135. The fourth-order valence-electron chi connectivity index (χ4n) is 9.88. The molecule has 318 valence electrons. The van der Waals surface area contributed by atoms with Crippen LogP contribution in [0, 0.1) is 35.0 Å². The molecule has 3 fully saturated rings. The van der Waals surface area contributed by atoms with Crippen LogP contribution in [0.5, 0.6) is 0 Å². The number of rotatable bonds is 8. The summed E-state index contributed by atoms with van der Waals surface area (Å²) in [5.41, 5.74) is 8.53. The van der Waals surface area contributed by atoms with Crippen molar-refractivity contribution in [2.45, 2.75) is 129 Å². The lowest BCUT2D eigenvalue weighted by Crippen LogP contribution is -2.51. The number of nitrogens with zero attached hydrogens (tertiary/aromatic N) is 3. The van der Waals surface area contributed by atoms with Crippen LogP contribution in [0.15, 0.2) is 24.4 Å². The van der Waals surface area contributed by atoms with Crippen LogP contribution in [-0.4, -0.2) is 88.1 Å². The molecule has 7 rings (SSSR count). The summed E-state index contributed by atoms with van der Waals surface area (Å²) in [7, 11) is 2.59. The number of nitrogens with one attached hydrogen (secondary N) is 4. The zero-order valence-corrected chi connectivity index (χ0v) is 35.9. The van der Waals surface area contributed by atoms with E-state index >= 15 is 0 Å². The van der Waals surface area contributed by atoms with Gasteiger partial charge in [-0.25, -0.2) is 14.6 Å². The van der Waals surface area contributed by atoms with E-state index in [9.17, 15) is 19.2 Å². The van der Waals surface area contributed by atoms with Crippen molar-refractivity contribution in [3.63, 3.8) is 0 Å². The Kier molecular flexibility index (Phi) is 12.9. The van der Waals surface area contributed by atoms with Crippen LogP contribution in [0.2, 0.25) is 0 Å². The van der Waals surface area contributed by atoms with E-state index in [1.165, 1.54) is 57.5 Å². The Labute approximate surface area is 353 Å². The average Bonchev–Trinajstić information content (AvgIpc) is 4.10. The largest absolute Gasteiger partial charge is 0.453 e. The number of aromatic amines is 2. The Morgan fingerprint density at radius 3 is 2.02 bits per heavy atom. The summed E-state index contributed by atoms with van der Waals surface area (Å²) in [5.74, 6) is 14.2. The predicted molar refractivity (Wildman–Crippen MR) is 227 cm³/mol. The molecule has 4 atom stereocenters. The molecule has 1 saturated carbocycles. The second-order valence-electron chi connectivity index (χ2n) is 17.3.